The zero-order valence-electron chi connectivity index (χ0n) is 12.6. The molecule has 0 saturated heterocycles. The van der Waals surface area contributed by atoms with E-state index in [4.69, 9.17) is 8.92 Å². The van der Waals surface area contributed by atoms with E-state index in [1.165, 1.54) is 7.11 Å². The molecule has 1 aromatic rings. The molecule has 2 unspecified atom stereocenters. The zero-order chi connectivity index (χ0) is 15.4. The lowest BCUT2D eigenvalue weighted by molar-refractivity contribution is -0.141. The Labute approximate surface area is 123 Å². The van der Waals surface area contributed by atoms with Gasteiger partial charge in [-0.05, 0) is 33.3 Å². The molecule has 0 aromatic heterocycles. The van der Waals surface area contributed by atoms with Crippen LogP contribution in [0.25, 0.3) is 0 Å². The van der Waals surface area contributed by atoms with E-state index >= 15 is 0 Å². The van der Waals surface area contributed by atoms with Crippen molar-refractivity contribution in [2.45, 2.75) is 44.5 Å². The number of hydrogen-bond acceptors (Lipinski definition) is 4. The largest absolute Gasteiger partial charge is 0.469 e. The van der Waals surface area contributed by atoms with Gasteiger partial charge in [0, 0.05) is 0 Å². The number of benzene rings is 1. The Hall–Kier alpha value is -1.20. The number of rotatable bonds is 5. The Morgan fingerprint density at radius 2 is 1.70 bits per heavy atom. The van der Waals surface area contributed by atoms with Gasteiger partial charge in [0.1, 0.15) is 4.75 Å². The van der Waals surface area contributed by atoms with Crippen LogP contribution in [0.15, 0.2) is 30.3 Å². The summed E-state index contributed by atoms with van der Waals surface area (Å²) in [6.07, 6.45) is -0.00377. The van der Waals surface area contributed by atoms with Crippen molar-refractivity contribution in [3.8, 4) is 0 Å². The van der Waals surface area contributed by atoms with Gasteiger partial charge < -0.3 is 4.74 Å². The lowest BCUT2D eigenvalue weighted by Gasteiger charge is -2.31. The van der Waals surface area contributed by atoms with Crippen molar-refractivity contribution in [3.63, 3.8) is 0 Å². The molecule has 0 fully saturated rings. The highest BCUT2D eigenvalue weighted by molar-refractivity contribution is 7.81. The molecular weight excluding hydrogens is 276 g/mol. The standard InChI is InChI=1S/C15H22O4S/c1-14(2,3)19-20(17)15(4,11-13(16)18-5)12-9-7-6-8-10-12/h6-10H,11H2,1-5H3. The number of hydrogen-bond donors (Lipinski definition) is 0. The predicted molar refractivity (Wildman–Crippen MR) is 79.4 cm³/mol. The fourth-order valence-corrected chi connectivity index (χ4v) is 2.92. The normalized spacial score (nSPS) is 16.2. The van der Waals surface area contributed by atoms with Gasteiger partial charge in [0.2, 0.25) is 0 Å². The number of ether oxygens (including phenoxy) is 1. The summed E-state index contributed by atoms with van der Waals surface area (Å²) in [7, 11) is 1.32. The minimum absolute atomic E-state index is 0.00377. The van der Waals surface area contributed by atoms with E-state index in [0.29, 0.717) is 0 Å². The highest BCUT2D eigenvalue weighted by Gasteiger charge is 2.39. The molecule has 0 aliphatic heterocycles. The van der Waals surface area contributed by atoms with Crippen molar-refractivity contribution in [2.75, 3.05) is 7.11 Å². The average Bonchev–Trinajstić information content (AvgIpc) is 2.37. The Balaban J connectivity index is 3.14. The van der Waals surface area contributed by atoms with Crippen LogP contribution >= 0.6 is 0 Å². The van der Waals surface area contributed by atoms with Crippen molar-refractivity contribution in [1.29, 1.82) is 0 Å². The fourth-order valence-electron chi connectivity index (χ4n) is 1.71. The molecule has 0 radical (unpaired) electrons. The molecule has 1 aromatic carbocycles. The molecule has 20 heavy (non-hydrogen) atoms. The molecule has 0 aliphatic carbocycles. The molecule has 1 rings (SSSR count). The summed E-state index contributed by atoms with van der Waals surface area (Å²) in [6.45, 7) is 7.23. The van der Waals surface area contributed by atoms with Gasteiger partial charge in [-0.1, -0.05) is 30.3 Å². The van der Waals surface area contributed by atoms with Crippen LogP contribution in [0.1, 0.15) is 39.7 Å². The SMILES string of the molecule is COC(=O)CC(C)(c1ccccc1)S(=O)OC(C)(C)C. The number of methoxy groups -OCH3 is 1. The molecule has 5 heteroatoms. The monoisotopic (exact) mass is 298 g/mol. The van der Waals surface area contributed by atoms with Crippen molar-refractivity contribution >= 4 is 17.0 Å². The Morgan fingerprint density at radius 1 is 1.15 bits per heavy atom. The second-order valence-corrected chi connectivity index (χ2v) is 7.32. The second kappa shape index (κ2) is 6.50. The third kappa shape index (κ3) is 4.42. The van der Waals surface area contributed by atoms with Crippen LogP contribution < -0.4 is 0 Å². The first-order chi connectivity index (χ1) is 9.19. The fraction of sp³-hybridized carbons (Fsp3) is 0.533. The number of carbonyl (C=O) groups is 1. The van der Waals surface area contributed by atoms with E-state index in [1.54, 1.807) is 6.92 Å². The van der Waals surface area contributed by atoms with Gasteiger partial charge in [-0.2, -0.15) is 0 Å². The quantitative estimate of drug-likeness (QED) is 0.784. The first-order valence-corrected chi connectivity index (χ1v) is 7.50. The van der Waals surface area contributed by atoms with Crippen LogP contribution in [0.4, 0.5) is 0 Å². The van der Waals surface area contributed by atoms with Gasteiger partial charge in [-0.3, -0.25) is 8.98 Å². The third-order valence-electron chi connectivity index (χ3n) is 2.79. The van der Waals surface area contributed by atoms with E-state index in [-0.39, 0.29) is 6.42 Å². The average molecular weight is 298 g/mol. The van der Waals surface area contributed by atoms with Gasteiger partial charge in [0.25, 0.3) is 0 Å². The summed E-state index contributed by atoms with van der Waals surface area (Å²) in [4.78, 5) is 11.7. The smallest absolute Gasteiger partial charge is 0.307 e. The molecule has 0 saturated carbocycles. The first-order valence-electron chi connectivity index (χ1n) is 6.43. The highest BCUT2D eigenvalue weighted by atomic mass is 32.2. The molecule has 0 spiro atoms. The molecule has 0 amide bonds. The van der Waals surface area contributed by atoms with E-state index < -0.39 is 27.4 Å². The molecule has 4 nitrogen and oxygen atoms in total. The predicted octanol–water partition coefficient (Wildman–Crippen LogP) is 2.94. The first kappa shape index (κ1) is 16.9. The van der Waals surface area contributed by atoms with Gasteiger partial charge in [-0.25, -0.2) is 4.21 Å². The van der Waals surface area contributed by atoms with E-state index in [0.717, 1.165) is 5.56 Å². The van der Waals surface area contributed by atoms with Crippen LogP contribution in [-0.2, 0) is 29.5 Å². The van der Waals surface area contributed by atoms with Crippen LogP contribution in [0, 0.1) is 0 Å². The molecule has 2 atom stereocenters. The van der Waals surface area contributed by atoms with Crippen LogP contribution in [0.3, 0.4) is 0 Å². The van der Waals surface area contributed by atoms with E-state index in [9.17, 15) is 9.00 Å². The summed E-state index contributed by atoms with van der Waals surface area (Å²) in [5, 5.41) is 0. The van der Waals surface area contributed by atoms with Crippen molar-refractivity contribution in [2.24, 2.45) is 0 Å². The highest BCUT2D eigenvalue weighted by Crippen LogP contribution is 2.34. The molecule has 0 bridgehead atoms. The van der Waals surface area contributed by atoms with Gasteiger partial charge in [0.15, 0.2) is 11.1 Å². The Morgan fingerprint density at radius 3 is 2.15 bits per heavy atom. The Bertz CT molecular complexity index is 478. The third-order valence-corrected chi connectivity index (χ3v) is 4.55. The Kier molecular flexibility index (Phi) is 5.48. The summed E-state index contributed by atoms with van der Waals surface area (Å²) >= 11 is -1.67. The van der Waals surface area contributed by atoms with Crippen molar-refractivity contribution in [3.05, 3.63) is 35.9 Å². The number of esters is 1. The van der Waals surface area contributed by atoms with Crippen LogP contribution in [0.2, 0.25) is 0 Å². The maximum Gasteiger partial charge on any atom is 0.307 e. The van der Waals surface area contributed by atoms with Crippen molar-refractivity contribution in [1.82, 2.24) is 0 Å². The van der Waals surface area contributed by atoms with E-state index in [1.807, 2.05) is 51.1 Å². The van der Waals surface area contributed by atoms with E-state index in [2.05, 4.69) is 0 Å². The minimum Gasteiger partial charge on any atom is -0.469 e. The molecular formula is C15H22O4S. The summed E-state index contributed by atoms with van der Waals surface area (Å²) in [5.41, 5.74) is 0.227. The maximum absolute atomic E-state index is 12.6. The van der Waals surface area contributed by atoms with Crippen molar-refractivity contribution < 1.29 is 17.9 Å². The zero-order valence-corrected chi connectivity index (χ0v) is 13.5. The second-order valence-electron chi connectivity index (χ2n) is 5.78. The number of carbonyl (C=O) groups excluding carboxylic acids is 1. The molecule has 112 valence electrons. The summed E-state index contributed by atoms with van der Waals surface area (Å²) in [6, 6.07) is 9.24. The van der Waals surface area contributed by atoms with Crippen LogP contribution in [0.5, 0.6) is 0 Å². The van der Waals surface area contributed by atoms with Gasteiger partial charge >= 0.3 is 5.97 Å². The molecule has 0 heterocycles. The lowest BCUT2D eigenvalue weighted by atomic mass is 9.97. The minimum atomic E-state index is -1.67. The molecule has 0 N–H and O–H groups in total. The topological polar surface area (TPSA) is 52.6 Å². The summed E-state index contributed by atoms with van der Waals surface area (Å²) < 4.78 is 22.0. The lowest BCUT2D eigenvalue weighted by Crippen LogP contribution is -2.36. The molecule has 0 aliphatic rings. The van der Waals surface area contributed by atoms with Gasteiger partial charge in [0.05, 0.1) is 19.1 Å². The van der Waals surface area contributed by atoms with Gasteiger partial charge in [-0.15, -0.1) is 0 Å². The van der Waals surface area contributed by atoms with Crippen LogP contribution in [-0.4, -0.2) is 22.9 Å². The summed E-state index contributed by atoms with van der Waals surface area (Å²) in [5.74, 6) is -0.415. The maximum atomic E-state index is 12.6.